The number of halogens is 1. The molecule has 0 bridgehead atoms. The molecule has 0 unspecified atom stereocenters. The van der Waals surface area contributed by atoms with E-state index in [1.807, 2.05) is 0 Å². The molecule has 1 rings (SSSR count). The molecule has 20 heavy (non-hydrogen) atoms. The van der Waals surface area contributed by atoms with E-state index in [-0.39, 0.29) is 11.4 Å². The topological polar surface area (TPSA) is 79.9 Å². The highest BCUT2D eigenvalue weighted by Gasteiger charge is 2.10. The van der Waals surface area contributed by atoms with E-state index in [9.17, 15) is 4.39 Å². The van der Waals surface area contributed by atoms with E-state index in [2.05, 4.69) is 24.3 Å². The molecule has 0 aliphatic rings. The third kappa shape index (κ3) is 5.14. The molecule has 0 saturated heterocycles. The summed E-state index contributed by atoms with van der Waals surface area (Å²) in [6.45, 7) is 6.47. The van der Waals surface area contributed by atoms with Gasteiger partial charge in [-0.2, -0.15) is 0 Å². The van der Waals surface area contributed by atoms with Crippen molar-refractivity contribution in [1.82, 2.24) is 5.32 Å². The number of hydrogen-bond donors (Lipinski definition) is 3. The fourth-order valence-corrected chi connectivity index (χ4v) is 1.65. The first-order chi connectivity index (χ1) is 9.56. The summed E-state index contributed by atoms with van der Waals surface area (Å²) in [5.41, 5.74) is 5.98. The van der Waals surface area contributed by atoms with E-state index in [4.69, 9.17) is 15.7 Å². The first kappa shape index (κ1) is 16.4. The van der Waals surface area contributed by atoms with Gasteiger partial charge in [-0.25, -0.2) is 4.39 Å². The predicted molar refractivity (Wildman–Crippen MR) is 76.3 cm³/mol. The van der Waals surface area contributed by atoms with Gasteiger partial charge in [-0.05, 0) is 12.0 Å². The first-order valence-electron chi connectivity index (χ1n) is 6.60. The normalized spacial score (nSPS) is 12.1. The van der Waals surface area contributed by atoms with Crippen molar-refractivity contribution >= 4 is 5.84 Å². The van der Waals surface area contributed by atoms with Crippen molar-refractivity contribution in [3.8, 4) is 0 Å². The number of nitrogens with zero attached hydrogens (tertiary/aromatic N) is 1. The second kappa shape index (κ2) is 8.50. The van der Waals surface area contributed by atoms with E-state index >= 15 is 0 Å². The minimum absolute atomic E-state index is 0.0999. The van der Waals surface area contributed by atoms with Crippen LogP contribution < -0.4 is 11.1 Å². The van der Waals surface area contributed by atoms with Gasteiger partial charge in [-0.1, -0.05) is 31.1 Å². The Kier molecular flexibility index (Phi) is 6.97. The van der Waals surface area contributed by atoms with E-state index in [1.165, 1.54) is 6.07 Å². The molecule has 1 aromatic carbocycles. The second-order valence-corrected chi connectivity index (χ2v) is 4.91. The fraction of sp³-hybridized carbons (Fsp3) is 0.500. The standard InChI is InChI=1S/C14H22FN3O2/c1-10(2)9-20-7-6-17-8-11-4-3-5-12(13(11)15)14(16)18-19/h3-5,10,17,19H,6-9H2,1-2H3,(H2,16,18). The molecule has 0 heterocycles. The summed E-state index contributed by atoms with van der Waals surface area (Å²) in [6.07, 6.45) is 0. The van der Waals surface area contributed by atoms with Gasteiger partial charge in [-0.15, -0.1) is 0 Å². The molecular weight excluding hydrogens is 261 g/mol. The van der Waals surface area contributed by atoms with Crippen molar-refractivity contribution in [1.29, 1.82) is 0 Å². The van der Waals surface area contributed by atoms with Crippen LogP contribution in [0.4, 0.5) is 4.39 Å². The minimum Gasteiger partial charge on any atom is -0.409 e. The Morgan fingerprint density at radius 2 is 2.25 bits per heavy atom. The molecule has 0 aromatic heterocycles. The SMILES string of the molecule is CC(C)COCCNCc1cccc(/C(N)=N/O)c1F. The highest BCUT2D eigenvalue weighted by Crippen LogP contribution is 2.12. The Morgan fingerprint density at radius 3 is 2.90 bits per heavy atom. The number of hydrogen-bond acceptors (Lipinski definition) is 4. The van der Waals surface area contributed by atoms with Gasteiger partial charge >= 0.3 is 0 Å². The van der Waals surface area contributed by atoms with Gasteiger partial charge in [0.15, 0.2) is 5.84 Å². The molecule has 0 saturated carbocycles. The van der Waals surface area contributed by atoms with Gasteiger partial charge in [-0.3, -0.25) is 0 Å². The number of rotatable bonds is 8. The maximum atomic E-state index is 14.0. The number of ether oxygens (including phenoxy) is 1. The van der Waals surface area contributed by atoms with Crippen LogP contribution in [0.5, 0.6) is 0 Å². The van der Waals surface area contributed by atoms with Crippen LogP contribution in [0.15, 0.2) is 23.4 Å². The van der Waals surface area contributed by atoms with Crippen molar-refractivity contribution in [3.63, 3.8) is 0 Å². The Bertz CT molecular complexity index is 450. The highest BCUT2D eigenvalue weighted by molar-refractivity contribution is 5.97. The third-order valence-corrected chi connectivity index (χ3v) is 2.65. The maximum absolute atomic E-state index is 14.0. The molecule has 0 aliphatic carbocycles. The Balaban J connectivity index is 2.45. The summed E-state index contributed by atoms with van der Waals surface area (Å²) in [7, 11) is 0. The van der Waals surface area contributed by atoms with Crippen molar-refractivity contribution in [2.45, 2.75) is 20.4 Å². The van der Waals surface area contributed by atoms with Crippen molar-refractivity contribution in [2.75, 3.05) is 19.8 Å². The van der Waals surface area contributed by atoms with Gasteiger partial charge < -0.3 is 21.0 Å². The number of amidine groups is 1. The molecule has 4 N–H and O–H groups in total. The Morgan fingerprint density at radius 1 is 1.50 bits per heavy atom. The number of nitrogens with one attached hydrogen (secondary N) is 1. The molecular formula is C14H22FN3O2. The van der Waals surface area contributed by atoms with Gasteiger partial charge in [0.05, 0.1) is 12.2 Å². The molecule has 0 radical (unpaired) electrons. The van der Waals surface area contributed by atoms with E-state index in [0.29, 0.717) is 31.2 Å². The number of oxime groups is 1. The van der Waals surface area contributed by atoms with Crippen LogP contribution in [0.2, 0.25) is 0 Å². The van der Waals surface area contributed by atoms with Crippen LogP contribution in [-0.2, 0) is 11.3 Å². The van der Waals surface area contributed by atoms with Gasteiger partial charge in [0, 0.05) is 25.3 Å². The van der Waals surface area contributed by atoms with Crippen LogP contribution in [0, 0.1) is 11.7 Å². The summed E-state index contributed by atoms with van der Waals surface area (Å²) < 4.78 is 19.5. The summed E-state index contributed by atoms with van der Waals surface area (Å²) >= 11 is 0. The van der Waals surface area contributed by atoms with E-state index < -0.39 is 5.82 Å². The molecule has 5 nitrogen and oxygen atoms in total. The molecule has 0 fully saturated rings. The van der Waals surface area contributed by atoms with Gasteiger partial charge in [0.25, 0.3) is 0 Å². The molecule has 0 atom stereocenters. The molecule has 0 amide bonds. The van der Waals surface area contributed by atoms with Crippen molar-refractivity contribution < 1.29 is 14.3 Å². The quantitative estimate of drug-likeness (QED) is 0.223. The largest absolute Gasteiger partial charge is 0.409 e. The van der Waals surface area contributed by atoms with E-state index in [0.717, 1.165) is 6.61 Å². The lowest BCUT2D eigenvalue weighted by Gasteiger charge is -2.10. The molecule has 0 aliphatic heterocycles. The number of nitrogens with two attached hydrogens (primary N) is 1. The summed E-state index contributed by atoms with van der Waals surface area (Å²) in [5.74, 6) is -0.201. The Labute approximate surface area is 118 Å². The average molecular weight is 283 g/mol. The molecule has 1 aromatic rings. The zero-order valence-electron chi connectivity index (χ0n) is 11.9. The first-order valence-corrected chi connectivity index (χ1v) is 6.60. The zero-order chi connectivity index (χ0) is 15.0. The smallest absolute Gasteiger partial charge is 0.173 e. The lowest BCUT2D eigenvalue weighted by Crippen LogP contribution is -2.22. The van der Waals surface area contributed by atoms with Crippen molar-refractivity contribution in [3.05, 3.63) is 35.1 Å². The fourth-order valence-electron chi connectivity index (χ4n) is 1.65. The average Bonchev–Trinajstić information content (AvgIpc) is 2.43. The predicted octanol–water partition coefficient (Wildman–Crippen LogP) is 1.68. The lowest BCUT2D eigenvalue weighted by molar-refractivity contribution is 0.111. The van der Waals surface area contributed by atoms with Crippen LogP contribution in [0.3, 0.4) is 0 Å². The minimum atomic E-state index is -0.474. The zero-order valence-corrected chi connectivity index (χ0v) is 11.9. The van der Waals surface area contributed by atoms with Crippen molar-refractivity contribution in [2.24, 2.45) is 16.8 Å². The van der Waals surface area contributed by atoms with E-state index in [1.54, 1.807) is 12.1 Å². The van der Waals surface area contributed by atoms with Crippen LogP contribution >= 0.6 is 0 Å². The second-order valence-electron chi connectivity index (χ2n) is 4.91. The summed E-state index contributed by atoms with van der Waals surface area (Å²) in [6, 6.07) is 4.80. The summed E-state index contributed by atoms with van der Waals surface area (Å²) in [4.78, 5) is 0. The lowest BCUT2D eigenvalue weighted by atomic mass is 10.1. The number of benzene rings is 1. The van der Waals surface area contributed by atoms with Crippen LogP contribution in [0.1, 0.15) is 25.0 Å². The monoisotopic (exact) mass is 283 g/mol. The van der Waals surface area contributed by atoms with Gasteiger partial charge in [0.1, 0.15) is 5.82 Å². The molecule has 112 valence electrons. The highest BCUT2D eigenvalue weighted by atomic mass is 19.1. The van der Waals surface area contributed by atoms with Crippen LogP contribution in [0.25, 0.3) is 0 Å². The van der Waals surface area contributed by atoms with Crippen LogP contribution in [-0.4, -0.2) is 30.8 Å². The van der Waals surface area contributed by atoms with Gasteiger partial charge in [0.2, 0.25) is 0 Å². The molecule has 0 spiro atoms. The molecule has 6 heteroatoms. The summed E-state index contributed by atoms with van der Waals surface area (Å²) in [5, 5.41) is 14.5. The third-order valence-electron chi connectivity index (χ3n) is 2.65. The Hall–Kier alpha value is -1.66. The maximum Gasteiger partial charge on any atom is 0.173 e.